The topological polar surface area (TPSA) is 27.7 Å². The lowest BCUT2D eigenvalue weighted by molar-refractivity contribution is 0.0267. The van der Waals surface area contributed by atoms with Crippen LogP contribution in [0.25, 0.3) is 0 Å². The SMILES string of the molecule is CCO[Si](OCC)OC(C)(C)C. The fourth-order valence-electron chi connectivity index (χ4n) is 0.586. The molecule has 0 amide bonds. The molecule has 0 aromatic carbocycles. The summed E-state index contributed by atoms with van der Waals surface area (Å²) in [5.74, 6) is 0. The van der Waals surface area contributed by atoms with E-state index < -0.39 is 9.53 Å². The molecule has 4 heteroatoms. The van der Waals surface area contributed by atoms with Crippen LogP contribution in [-0.2, 0) is 13.3 Å². The third-order valence-electron chi connectivity index (χ3n) is 0.914. The van der Waals surface area contributed by atoms with Gasteiger partial charge in [0.05, 0.1) is 5.60 Å². The van der Waals surface area contributed by atoms with Crippen molar-refractivity contribution >= 4 is 9.53 Å². The van der Waals surface area contributed by atoms with Gasteiger partial charge in [0.25, 0.3) is 0 Å². The van der Waals surface area contributed by atoms with E-state index in [4.69, 9.17) is 13.3 Å². The lowest BCUT2D eigenvalue weighted by atomic mass is 10.2. The van der Waals surface area contributed by atoms with Crippen molar-refractivity contribution in [2.45, 2.75) is 40.2 Å². The maximum atomic E-state index is 5.58. The van der Waals surface area contributed by atoms with E-state index >= 15 is 0 Å². The Morgan fingerprint density at radius 2 is 1.42 bits per heavy atom. The molecule has 0 aromatic rings. The number of rotatable bonds is 5. The van der Waals surface area contributed by atoms with Gasteiger partial charge >= 0.3 is 9.53 Å². The first-order valence-corrected chi connectivity index (χ1v) is 5.53. The first-order valence-electron chi connectivity index (χ1n) is 4.31. The maximum Gasteiger partial charge on any atom is 0.578 e. The summed E-state index contributed by atoms with van der Waals surface area (Å²) in [6, 6.07) is 0. The average Bonchev–Trinajstić information content (AvgIpc) is 1.84. The van der Waals surface area contributed by atoms with Crippen LogP contribution < -0.4 is 0 Å². The summed E-state index contributed by atoms with van der Waals surface area (Å²) in [4.78, 5) is 0. The van der Waals surface area contributed by atoms with Gasteiger partial charge in [-0.15, -0.1) is 0 Å². The zero-order valence-electron chi connectivity index (χ0n) is 8.64. The zero-order valence-corrected chi connectivity index (χ0v) is 9.64. The predicted molar refractivity (Wildman–Crippen MR) is 49.8 cm³/mol. The molecule has 1 radical (unpaired) electrons. The second-order valence-electron chi connectivity index (χ2n) is 3.33. The minimum atomic E-state index is -1.50. The molecule has 0 rings (SSSR count). The minimum Gasteiger partial charge on any atom is -0.371 e. The van der Waals surface area contributed by atoms with Crippen LogP contribution in [0, 0.1) is 0 Å². The highest BCUT2D eigenvalue weighted by Crippen LogP contribution is 2.09. The van der Waals surface area contributed by atoms with Crippen LogP contribution >= 0.6 is 0 Å². The van der Waals surface area contributed by atoms with Crippen molar-refractivity contribution in [1.82, 2.24) is 0 Å². The number of hydrogen-bond donors (Lipinski definition) is 0. The summed E-state index contributed by atoms with van der Waals surface area (Å²) in [6.07, 6.45) is 0. The van der Waals surface area contributed by atoms with Gasteiger partial charge in [0.15, 0.2) is 0 Å². The monoisotopic (exact) mass is 191 g/mol. The van der Waals surface area contributed by atoms with Gasteiger partial charge in [0, 0.05) is 13.2 Å². The van der Waals surface area contributed by atoms with Crippen LogP contribution in [0.3, 0.4) is 0 Å². The van der Waals surface area contributed by atoms with E-state index in [0.717, 1.165) is 0 Å². The van der Waals surface area contributed by atoms with Crippen molar-refractivity contribution in [3.63, 3.8) is 0 Å². The molecule has 0 aromatic heterocycles. The summed E-state index contributed by atoms with van der Waals surface area (Å²) in [6.45, 7) is 11.2. The highest BCUT2D eigenvalue weighted by Gasteiger charge is 2.25. The third kappa shape index (κ3) is 6.79. The lowest BCUT2D eigenvalue weighted by Gasteiger charge is -2.23. The van der Waals surface area contributed by atoms with Gasteiger partial charge in [-0.3, -0.25) is 0 Å². The molecule has 0 saturated heterocycles. The van der Waals surface area contributed by atoms with Gasteiger partial charge in [-0.2, -0.15) is 0 Å². The van der Waals surface area contributed by atoms with Crippen molar-refractivity contribution in [3.05, 3.63) is 0 Å². The summed E-state index contributed by atoms with van der Waals surface area (Å²) in [5, 5.41) is 0. The molecule has 0 bridgehead atoms. The lowest BCUT2D eigenvalue weighted by Crippen LogP contribution is -2.35. The Labute approximate surface area is 77.0 Å². The molecule has 0 atom stereocenters. The molecule has 0 spiro atoms. The van der Waals surface area contributed by atoms with Crippen molar-refractivity contribution in [3.8, 4) is 0 Å². The minimum absolute atomic E-state index is 0.182. The first kappa shape index (κ1) is 12.1. The molecule has 12 heavy (non-hydrogen) atoms. The Balaban J connectivity index is 3.77. The summed E-state index contributed by atoms with van der Waals surface area (Å²) < 4.78 is 16.2. The number of hydrogen-bond acceptors (Lipinski definition) is 3. The second kappa shape index (κ2) is 5.69. The molecule has 73 valence electrons. The van der Waals surface area contributed by atoms with E-state index in [1.54, 1.807) is 0 Å². The highest BCUT2D eigenvalue weighted by atomic mass is 28.3. The molecule has 0 aliphatic rings. The van der Waals surface area contributed by atoms with Gasteiger partial charge in [0.2, 0.25) is 0 Å². The summed E-state index contributed by atoms with van der Waals surface area (Å²) in [7, 11) is -1.50. The molecule has 0 saturated carbocycles. The molecule has 0 aliphatic heterocycles. The van der Waals surface area contributed by atoms with Crippen molar-refractivity contribution in [2.75, 3.05) is 13.2 Å². The Kier molecular flexibility index (Phi) is 5.74. The van der Waals surface area contributed by atoms with Crippen molar-refractivity contribution in [2.24, 2.45) is 0 Å². The van der Waals surface area contributed by atoms with E-state index in [-0.39, 0.29) is 5.60 Å². The second-order valence-corrected chi connectivity index (χ2v) is 4.61. The van der Waals surface area contributed by atoms with Gasteiger partial charge < -0.3 is 13.3 Å². The highest BCUT2D eigenvalue weighted by molar-refractivity contribution is 6.36. The first-order chi connectivity index (χ1) is 5.49. The molecule has 0 N–H and O–H groups in total. The van der Waals surface area contributed by atoms with E-state index in [2.05, 4.69) is 0 Å². The van der Waals surface area contributed by atoms with Crippen LogP contribution in [-0.4, -0.2) is 28.3 Å². The normalized spacial score (nSPS) is 12.5. The Bertz CT molecular complexity index is 105. The summed E-state index contributed by atoms with van der Waals surface area (Å²) in [5.41, 5.74) is -0.182. The fraction of sp³-hybridized carbons (Fsp3) is 1.00. The van der Waals surface area contributed by atoms with Crippen LogP contribution in [0.2, 0.25) is 0 Å². The fourth-order valence-corrected chi connectivity index (χ4v) is 1.76. The quantitative estimate of drug-likeness (QED) is 0.621. The zero-order chi connectivity index (χ0) is 9.61. The Morgan fingerprint density at radius 3 is 1.67 bits per heavy atom. The molecule has 0 fully saturated rings. The molecule has 3 nitrogen and oxygen atoms in total. The molecule has 0 aliphatic carbocycles. The maximum absolute atomic E-state index is 5.58. The van der Waals surface area contributed by atoms with E-state index in [1.807, 2.05) is 34.6 Å². The molecule has 0 heterocycles. The average molecular weight is 191 g/mol. The van der Waals surface area contributed by atoms with Crippen LogP contribution in [0.4, 0.5) is 0 Å². The smallest absolute Gasteiger partial charge is 0.371 e. The van der Waals surface area contributed by atoms with Crippen molar-refractivity contribution in [1.29, 1.82) is 0 Å². The third-order valence-corrected chi connectivity index (χ3v) is 2.74. The summed E-state index contributed by atoms with van der Waals surface area (Å²) >= 11 is 0. The molecular formula is C8H19O3Si. The molecular weight excluding hydrogens is 172 g/mol. The van der Waals surface area contributed by atoms with Gasteiger partial charge in [-0.25, -0.2) is 0 Å². The Hall–Kier alpha value is 0.0969. The van der Waals surface area contributed by atoms with Crippen molar-refractivity contribution < 1.29 is 13.3 Å². The Morgan fingerprint density at radius 1 is 1.00 bits per heavy atom. The van der Waals surface area contributed by atoms with Gasteiger partial charge in [-0.1, -0.05) is 0 Å². The predicted octanol–water partition coefficient (Wildman–Crippen LogP) is 1.86. The largest absolute Gasteiger partial charge is 0.578 e. The van der Waals surface area contributed by atoms with Crippen LogP contribution in [0.5, 0.6) is 0 Å². The standard InChI is InChI=1S/C8H19O3Si/c1-6-9-12(10-7-2)11-8(3,4)5/h6-7H2,1-5H3. The van der Waals surface area contributed by atoms with Crippen LogP contribution in [0.15, 0.2) is 0 Å². The van der Waals surface area contributed by atoms with E-state index in [9.17, 15) is 0 Å². The van der Waals surface area contributed by atoms with Gasteiger partial charge in [-0.05, 0) is 34.6 Å². The van der Waals surface area contributed by atoms with E-state index in [1.165, 1.54) is 0 Å². The van der Waals surface area contributed by atoms with E-state index in [0.29, 0.717) is 13.2 Å². The van der Waals surface area contributed by atoms with Gasteiger partial charge in [0.1, 0.15) is 0 Å². The molecule has 0 unspecified atom stereocenters. The van der Waals surface area contributed by atoms with Crippen LogP contribution in [0.1, 0.15) is 34.6 Å².